The number of ether oxygens (including phenoxy) is 6. The summed E-state index contributed by atoms with van der Waals surface area (Å²) in [5, 5.41) is 0. The lowest BCUT2D eigenvalue weighted by atomic mass is 9.64. The van der Waals surface area contributed by atoms with Crippen LogP contribution in [-0.2, 0) is 29.2 Å². The van der Waals surface area contributed by atoms with Gasteiger partial charge in [0.25, 0.3) is 0 Å². The molecule has 0 N–H and O–H groups in total. The normalized spacial score (nSPS) is 20.0. The summed E-state index contributed by atoms with van der Waals surface area (Å²) in [5.74, 6) is 6.63. The SMILES string of the molecule is COCC#Cc1cncc(-c2ccc3c(c2)C2(COC(N(C(=O)OC(C)(C)C)C(=O)OC(C)(C)C)=N2)C2(COC2)CO3)c1. The van der Waals surface area contributed by atoms with Crippen LogP contribution in [0.5, 0.6) is 5.75 Å². The third kappa shape index (κ3) is 6.03. The van der Waals surface area contributed by atoms with E-state index in [0.717, 1.165) is 27.2 Å². The standard InChI is InChI=1S/C32H37N3O8/c1-29(2,3)42-27(36)35(28(37)43-30(4,5)6)26-34-32(20-41-26)24-14-22(10-11-25(24)40-19-31(32)17-39-18-31)23-13-21(15-33-16-23)9-8-12-38-7/h10-11,13-16H,12,17-20H2,1-7H3. The molecule has 228 valence electrons. The van der Waals surface area contributed by atoms with Gasteiger partial charge < -0.3 is 28.4 Å². The highest BCUT2D eigenvalue weighted by molar-refractivity contribution is 6.06. The number of amidine groups is 1. The molecule has 3 aliphatic heterocycles. The lowest BCUT2D eigenvalue weighted by Crippen LogP contribution is -2.63. The Kier molecular flexibility index (Phi) is 7.88. The zero-order valence-corrected chi connectivity index (χ0v) is 25.6. The summed E-state index contributed by atoms with van der Waals surface area (Å²) in [6, 6.07) is 7.56. The van der Waals surface area contributed by atoms with Crippen molar-refractivity contribution in [2.45, 2.75) is 58.3 Å². The van der Waals surface area contributed by atoms with Crippen LogP contribution in [0, 0.1) is 17.3 Å². The Morgan fingerprint density at radius 3 is 2.23 bits per heavy atom. The topological polar surface area (TPSA) is 118 Å². The third-order valence-electron chi connectivity index (χ3n) is 7.12. The number of nitrogens with zero attached hydrogens (tertiary/aromatic N) is 3. The first-order chi connectivity index (χ1) is 20.3. The molecular formula is C32H37N3O8. The summed E-state index contributed by atoms with van der Waals surface area (Å²) in [6.45, 7) is 11.7. The number of aromatic nitrogens is 1. The Morgan fingerprint density at radius 2 is 1.63 bits per heavy atom. The van der Waals surface area contributed by atoms with E-state index in [1.165, 1.54) is 0 Å². The van der Waals surface area contributed by atoms with Crippen LogP contribution in [0.15, 0.2) is 41.7 Å². The van der Waals surface area contributed by atoms with Gasteiger partial charge in [-0.3, -0.25) is 4.98 Å². The van der Waals surface area contributed by atoms with E-state index in [4.69, 9.17) is 33.4 Å². The van der Waals surface area contributed by atoms with Gasteiger partial charge in [0.15, 0.2) is 0 Å². The second-order valence-corrected chi connectivity index (χ2v) is 12.8. The number of hydrogen-bond acceptors (Lipinski definition) is 10. The second kappa shape index (κ2) is 11.2. The van der Waals surface area contributed by atoms with Crippen LogP contribution in [0.1, 0.15) is 52.7 Å². The molecule has 3 aliphatic rings. The summed E-state index contributed by atoms with van der Waals surface area (Å²) >= 11 is 0. The van der Waals surface area contributed by atoms with E-state index >= 15 is 0 Å². The number of pyridine rings is 1. The first-order valence-corrected chi connectivity index (χ1v) is 14.0. The van der Waals surface area contributed by atoms with Gasteiger partial charge in [0.1, 0.15) is 42.3 Å². The highest BCUT2D eigenvalue weighted by Gasteiger charge is 2.65. The van der Waals surface area contributed by atoms with Crippen LogP contribution in [0.2, 0.25) is 0 Å². The quantitative estimate of drug-likeness (QED) is 0.449. The van der Waals surface area contributed by atoms with Crippen LogP contribution >= 0.6 is 0 Å². The smallest absolute Gasteiger partial charge is 0.428 e. The van der Waals surface area contributed by atoms with Gasteiger partial charge >= 0.3 is 18.2 Å². The van der Waals surface area contributed by atoms with Crippen molar-refractivity contribution in [2.24, 2.45) is 10.4 Å². The van der Waals surface area contributed by atoms with Crippen molar-refractivity contribution in [1.29, 1.82) is 0 Å². The van der Waals surface area contributed by atoms with Crippen molar-refractivity contribution in [3.63, 3.8) is 0 Å². The molecule has 2 amide bonds. The van der Waals surface area contributed by atoms with Crippen molar-refractivity contribution in [3.05, 3.63) is 47.8 Å². The Morgan fingerprint density at radius 1 is 0.930 bits per heavy atom. The van der Waals surface area contributed by atoms with Crippen LogP contribution in [0.3, 0.4) is 0 Å². The highest BCUT2D eigenvalue weighted by Crippen LogP contribution is 2.56. The lowest BCUT2D eigenvalue weighted by Gasteiger charge is -2.53. The number of methoxy groups -OCH3 is 1. The van der Waals surface area contributed by atoms with Gasteiger partial charge in [0.2, 0.25) is 0 Å². The first-order valence-electron chi connectivity index (χ1n) is 14.0. The van der Waals surface area contributed by atoms with Crippen molar-refractivity contribution in [2.75, 3.05) is 40.1 Å². The Bertz CT molecular complexity index is 1480. The monoisotopic (exact) mass is 591 g/mol. The average molecular weight is 592 g/mol. The molecule has 5 rings (SSSR count). The van der Waals surface area contributed by atoms with E-state index in [-0.39, 0.29) is 12.6 Å². The van der Waals surface area contributed by atoms with Gasteiger partial charge in [0.05, 0.1) is 18.6 Å². The number of carbonyl (C=O) groups is 2. The molecule has 1 aromatic carbocycles. The minimum absolute atomic E-state index is 0.0500. The minimum atomic E-state index is -1.02. The molecule has 0 saturated carbocycles. The Balaban J connectivity index is 1.59. The van der Waals surface area contributed by atoms with Gasteiger partial charge in [-0.15, -0.1) is 4.90 Å². The fourth-order valence-electron chi connectivity index (χ4n) is 5.09. The predicted molar refractivity (Wildman–Crippen MR) is 157 cm³/mol. The van der Waals surface area contributed by atoms with E-state index in [9.17, 15) is 9.59 Å². The summed E-state index contributed by atoms with van der Waals surface area (Å²) in [5.41, 5.74) is -0.159. The molecule has 1 saturated heterocycles. The number of hydrogen-bond donors (Lipinski definition) is 0. The first kappa shape index (κ1) is 30.3. The molecule has 1 aromatic heterocycles. The Labute approximate surface area is 251 Å². The molecule has 0 radical (unpaired) electrons. The number of carbonyl (C=O) groups excluding carboxylic acids is 2. The molecular weight excluding hydrogens is 554 g/mol. The van der Waals surface area contributed by atoms with E-state index in [1.54, 1.807) is 61.0 Å². The summed E-state index contributed by atoms with van der Waals surface area (Å²) in [7, 11) is 1.59. The van der Waals surface area contributed by atoms with Crippen LogP contribution in [0.4, 0.5) is 9.59 Å². The number of benzene rings is 1. The van der Waals surface area contributed by atoms with Crippen LogP contribution in [0.25, 0.3) is 11.1 Å². The van der Waals surface area contributed by atoms with Crippen molar-refractivity contribution in [1.82, 2.24) is 9.88 Å². The molecule has 43 heavy (non-hydrogen) atoms. The fourth-order valence-corrected chi connectivity index (χ4v) is 5.09. The highest BCUT2D eigenvalue weighted by atomic mass is 16.6. The largest absolute Gasteiger partial charge is 0.492 e. The molecule has 4 heterocycles. The van der Waals surface area contributed by atoms with E-state index in [0.29, 0.717) is 32.2 Å². The molecule has 11 heteroatoms. The summed E-state index contributed by atoms with van der Waals surface area (Å²) in [6.07, 6.45) is 1.55. The average Bonchev–Trinajstić information content (AvgIpc) is 3.31. The van der Waals surface area contributed by atoms with Gasteiger partial charge in [-0.25, -0.2) is 14.6 Å². The maximum absolute atomic E-state index is 13.4. The molecule has 2 aromatic rings. The lowest BCUT2D eigenvalue weighted by molar-refractivity contribution is -0.185. The summed E-state index contributed by atoms with van der Waals surface area (Å²) in [4.78, 5) is 36.8. The molecule has 1 atom stereocenters. The Hall–Kier alpha value is -4.14. The maximum atomic E-state index is 13.4. The number of aliphatic imine (C=N–C) groups is 1. The molecule has 0 bridgehead atoms. The van der Waals surface area contributed by atoms with Gasteiger partial charge in [0, 0.05) is 36.2 Å². The minimum Gasteiger partial charge on any atom is -0.492 e. The van der Waals surface area contributed by atoms with Crippen molar-refractivity contribution in [3.8, 4) is 28.7 Å². The van der Waals surface area contributed by atoms with Crippen LogP contribution < -0.4 is 4.74 Å². The molecule has 0 aliphatic carbocycles. The second-order valence-electron chi connectivity index (χ2n) is 12.8. The molecule has 1 fully saturated rings. The van der Waals surface area contributed by atoms with Crippen LogP contribution in [-0.4, -0.2) is 79.4 Å². The van der Waals surface area contributed by atoms with E-state index in [2.05, 4.69) is 16.8 Å². The molecule has 2 spiro atoms. The van der Waals surface area contributed by atoms with Crippen molar-refractivity contribution >= 4 is 18.2 Å². The number of rotatable bonds is 2. The number of fused-ring (bicyclic) bond motifs is 3. The van der Waals surface area contributed by atoms with Gasteiger partial charge in [-0.1, -0.05) is 17.9 Å². The van der Waals surface area contributed by atoms with Crippen molar-refractivity contribution < 1.29 is 38.0 Å². The van der Waals surface area contributed by atoms with Gasteiger partial charge in [-0.05, 0) is 65.3 Å². The zero-order valence-electron chi connectivity index (χ0n) is 25.6. The third-order valence-corrected chi connectivity index (χ3v) is 7.12. The van der Waals surface area contributed by atoms with Gasteiger partial charge in [-0.2, -0.15) is 0 Å². The zero-order chi connectivity index (χ0) is 31.0. The fraction of sp³-hybridized carbons (Fsp3) is 0.500. The summed E-state index contributed by atoms with van der Waals surface area (Å²) < 4.78 is 34.2. The predicted octanol–water partition coefficient (Wildman–Crippen LogP) is 4.91. The molecule has 11 nitrogen and oxygen atoms in total. The molecule has 1 unspecified atom stereocenters. The maximum Gasteiger partial charge on any atom is 0.428 e. The van der Waals surface area contributed by atoms with E-state index < -0.39 is 34.3 Å². The number of imide groups is 1. The van der Waals surface area contributed by atoms with E-state index in [1.807, 2.05) is 24.3 Å². The number of amides is 2.